The summed E-state index contributed by atoms with van der Waals surface area (Å²) >= 11 is 0. The van der Waals surface area contributed by atoms with Crippen LogP contribution in [0.4, 0.5) is 4.79 Å². The average molecular weight is 364 g/mol. The molecule has 3 rings (SSSR count). The summed E-state index contributed by atoms with van der Waals surface area (Å²) < 4.78 is 0. The Labute approximate surface area is 156 Å². The number of likely N-dealkylation sites (tertiary alicyclic amines) is 2. The van der Waals surface area contributed by atoms with Gasteiger partial charge in [-0.05, 0) is 39.5 Å². The van der Waals surface area contributed by atoms with Crippen LogP contribution in [0.25, 0.3) is 0 Å². The van der Waals surface area contributed by atoms with E-state index in [4.69, 9.17) is 0 Å². The number of carbonyl (C=O) groups is 3. The number of piperidine rings is 2. The largest absolute Gasteiger partial charge is 0.340 e. The molecule has 3 fully saturated rings. The second-order valence-corrected chi connectivity index (χ2v) is 8.55. The third-order valence-corrected chi connectivity index (χ3v) is 6.14. The van der Waals surface area contributed by atoms with Crippen molar-refractivity contribution in [1.82, 2.24) is 20.0 Å². The molecule has 0 saturated carbocycles. The summed E-state index contributed by atoms with van der Waals surface area (Å²) in [6, 6.07) is -0.0390. The first-order valence-electron chi connectivity index (χ1n) is 9.94. The Morgan fingerprint density at radius 1 is 1.12 bits per heavy atom. The van der Waals surface area contributed by atoms with Crippen LogP contribution in [0.1, 0.15) is 53.4 Å². The molecular formula is C19H32N4O3. The molecule has 0 aromatic rings. The molecule has 0 radical (unpaired) electrons. The van der Waals surface area contributed by atoms with E-state index in [1.54, 1.807) is 0 Å². The molecule has 3 aliphatic rings. The second kappa shape index (κ2) is 7.18. The standard InChI is InChI=1S/C19H32N4O3/c1-13(2)16(24)22-9-5-6-15(12-22)23-17(25)19(20-18(23)26)7-10-21(11-8-19)14(3)4/h13-15H,5-12H2,1-4H3,(H,20,26)/t15-/m1/s1. The Kier molecular flexibility index (Phi) is 5.28. The predicted octanol–water partition coefficient (Wildman–Crippen LogP) is 1.43. The lowest BCUT2D eigenvalue weighted by atomic mass is 9.86. The number of nitrogens with zero attached hydrogens (tertiary/aromatic N) is 3. The monoisotopic (exact) mass is 364 g/mol. The van der Waals surface area contributed by atoms with Gasteiger partial charge in [0.1, 0.15) is 5.54 Å². The molecule has 3 saturated heterocycles. The number of hydrogen-bond donors (Lipinski definition) is 1. The third-order valence-electron chi connectivity index (χ3n) is 6.14. The Morgan fingerprint density at radius 2 is 1.77 bits per heavy atom. The van der Waals surface area contributed by atoms with Crippen molar-refractivity contribution in [3.63, 3.8) is 0 Å². The van der Waals surface area contributed by atoms with Crippen LogP contribution in [0.3, 0.4) is 0 Å². The molecule has 0 aliphatic carbocycles. The Morgan fingerprint density at radius 3 is 2.35 bits per heavy atom. The maximum Gasteiger partial charge on any atom is 0.325 e. The first-order chi connectivity index (χ1) is 12.2. The molecule has 0 aromatic carbocycles. The summed E-state index contributed by atoms with van der Waals surface area (Å²) in [7, 11) is 0. The van der Waals surface area contributed by atoms with Crippen molar-refractivity contribution in [3.8, 4) is 0 Å². The van der Waals surface area contributed by atoms with E-state index in [-0.39, 0.29) is 29.8 Å². The molecule has 26 heavy (non-hydrogen) atoms. The molecule has 0 unspecified atom stereocenters. The van der Waals surface area contributed by atoms with E-state index in [1.165, 1.54) is 4.90 Å². The maximum absolute atomic E-state index is 13.2. The first kappa shape index (κ1) is 19.1. The zero-order chi connectivity index (χ0) is 19.1. The first-order valence-corrected chi connectivity index (χ1v) is 9.94. The van der Waals surface area contributed by atoms with E-state index in [1.807, 2.05) is 18.7 Å². The van der Waals surface area contributed by atoms with Crippen molar-refractivity contribution in [2.45, 2.75) is 71.0 Å². The van der Waals surface area contributed by atoms with Crippen molar-refractivity contribution in [3.05, 3.63) is 0 Å². The number of carbonyl (C=O) groups excluding carboxylic acids is 3. The van der Waals surface area contributed by atoms with Gasteiger partial charge in [-0.3, -0.25) is 14.5 Å². The number of rotatable bonds is 3. The fraction of sp³-hybridized carbons (Fsp3) is 0.842. The molecule has 4 amide bonds. The number of nitrogens with one attached hydrogen (secondary N) is 1. The molecule has 146 valence electrons. The third kappa shape index (κ3) is 3.33. The average Bonchev–Trinajstić information content (AvgIpc) is 2.84. The Bertz CT molecular complexity index is 581. The molecule has 0 bridgehead atoms. The van der Waals surface area contributed by atoms with Crippen LogP contribution in [0.2, 0.25) is 0 Å². The van der Waals surface area contributed by atoms with Crippen LogP contribution in [0.5, 0.6) is 0 Å². The SMILES string of the molecule is CC(C)C(=O)N1CCC[C@@H](N2C(=O)NC3(CCN(C(C)C)CC3)C2=O)C1. The number of hydrogen-bond acceptors (Lipinski definition) is 4. The molecule has 7 nitrogen and oxygen atoms in total. The zero-order valence-corrected chi connectivity index (χ0v) is 16.5. The second-order valence-electron chi connectivity index (χ2n) is 8.55. The molecule has 1 spiro atoms. The van der Waals surface area contributed by atoms with Crippen molar-refractivity contribution in [2.75, 3.05) is 26.2 Å². The summed E-state index contributed by atoms with van der Waals surface area (Å²) in [6.07, 6.45) is 2.92. The molecule has 0 aromatic heterocycles. The fourth-order valence-electron chi connectivity index (χ4n) is 4.46. The Hall–Kier alpha value is -1.63. The van der Waals surface area contributed by atoms with Crippen molar-refractivity contribution in [1.29, 1.82) is 0 Å². The van der Waals surface area contributed by atoms with Gasteiger partial charge in [0.25, 0.3) is 5.91 Å². The van der Waals surface area contributed by atoms with Crippen LogP contribution in [-0.2, 0) is 9.59 Å². The summed E-state index contributed by atoms with van der Waals surface area (Å²) in [5.41, 5.74) is -0.743. The van der Waals surface area contributed by atoms with Gasteiger partial charge >= 0.3 is 6.03 Å². The van der Waals surface area contributed by atoms with Gasteiger partial charge in [-0.25, -0.2) is 4.79 Å². The summed E-state index contributed by atoms with van der Waals surface area (Å²) in [5, 5.41) is 3.00. The maximum atomic E-state index is 13.2. The highest BCUT2D eigenvalue weighted by Gasteiger charge is 2.54. The smallest absolute Gasteiger partial charge is 0.325 e. The van der Waals surface area contributed by atoms with E-state index in [9.17, 15) is 14.4 Å². The summed E-state index contributed by atoms with van der Waals surface area (Å²) in [6.45, 7) is 10.9. The van der Waals surface area contributed by atoms with Crippen molar-refractivity contribution < 1.29 is 14.4 Å². The lowest BCUT2D eigenvalue weighted by Gasteiger charge is -2.40. The van der Waals surface area contributed by atoms with Crippen LogP contribution in [0.15, 0.2) is 0 Å². The minimum Gasteiger partial charge on any atom is -0.340 e. The van der Waals surface area contributed by atoms with Gasteiger partial charge in [-0.1, -0.05) is 13.8 Å². The van der Waals surface area contributed by atoms with E-state index in [0.29, 0.717) is 32.0 Å². The van der Waals surface area contributed by atoms with E-state index in [0.717, 1.165) is 25.9 Å². The van der Waals surface area contributed by atoms with Gasteiger partial charge < -0.3 is 15.1 Å². The highest BCUT2D eigenvalue weighted by atomic mass is 16.2. The van der Waals surface area contributed by atoms with Crippen LogP contribution in [0, 0.1) is 5.92 Å². The van der Waals surface area contributed by atoms with Crippen LogP contribution >= 0.6 is 0 Å². The van der Waals surface area contributed by atoms with Gasteiger partial charge in [0.2, 0.25) is 5.91 Å². The minimum absolute atomic E-state index is 0.0661. The van der Waals surface area contributed by atoms with E-state index >= 15 is 0 Å². The lowest BCUT2D eigenvalue weighted by molar-refractivity contribution is -0.140. The highest BCUT2D eigenvalue weighted by molar-refractivity contribution is 6.07. The highest BCUT2D eigenvalue weighted by Crippen LogP contribution is 2.33. The fourth-order valence-corrected chi connectivity index (χ4v) is 4.46. The van der Waals surface area contributed by atoms with E-state index < -0.39 is 5.54 Å². The summed E-state index contributed by atoms with van der Waals surface area (Å²) in [4.78, 5) is 43.8. The number of imide groups is 1. The topological polar surface area (TPSA) is 73.0 Å². The zero-order valence-electron chi connectivity index (χ0n) is 16.5. The van der Waals surface area contributed by atoms with Gasteiger partial charge in [-0.2, -0.15) is 0 Å². The normalized spacial score (nSPS) is 26.9. The molecule has 7 heteroatoms. The van der Waals surface area contributed by atoms with Gasteiger partial charge in [-0.15, -0.1) is 0 Å². The number of amides is 4. The van der Waals surface area contributed by atoms with Gasteiger partial charge in [0.05, 0.1) is 6.04 Å². The van der Waals surface area contributed by atoms with Crippen LogP contribution < -0.4 is 5.32 Å². The van der Waals surface area contributed by atoms with Crippen LogP contribution in [-0.4, -0.2) is 76.3 Å². The molecule has 3 aliphatic heterocycles. The number of urea groups is 1. The lowest BCUT2D eigenvalue weighted by Crippen LogP contribution is -2.57. The molecular weight excluding hydrogens is 332 g/mol. The quantitative estimate of drug-likeness (QED) is 0.769. The van der Waals surface area contributed by atoms with Gasteiger partial charge in [0, 0.05) is 38.1 Å². The van der Waals surface area contributed by atoms with Gasteiger partial charge in [0.15, 0.2) is 0 Å². The predicted molar refractivity (Wildman–Crippen MR) is 98.5 cm³/mol. The molecule has 1 N–H and O–H groups in total. The molecule has 3 heterocycles. The Balaban J connectivity index is 1.70. The minimum atomic E-state index is -0.743. The summed E-state index contributed by atoms with van der Waals surface area (Å²) in [5.74, 6) is -0.0555. The van der Waals surface area contributed by atoms with Crippen molar-refractivity contribution >= 4 is 17.8 Å². The van der Waals surface area contributed by atoms with E-state index in [2.05, 4.69) is 24.1 Å². The van der Waals surface area contributed by atoms with Crippen molar-refractivity contribution in [2.24, 2.45) is 5.92 Å². The molecule has 1 atom stereocenters.